The van der Waals surface area contributed by atoms with E-state index in [1.54, 1.807) is 6.92 Å². The monoisotopic (exact) mass is 294 g/mol. The van der Waals surface area contributed by atoms with Crippen molar-refractivity contribution in [2.24, 2.45) is 0 Å². The molecule has 0 aliphatic rings. The molecule has 0 spiro atoms. The zero-order valence-electron chi connectivity index (χ0n) is 10.6. The summed E-state index contributed by atoms with van der Waals surface area (Å²) in [5.41, 5.74) is 0. The zero-order chi connectivity index (χ0) is 13.7. The van der Waals surface area contributed by atoms with E-state index in [9.17, 15) is 8.42 Å². The average Bonchev–Trinajstić information content (AvgIpc) is 2.47. The van der Waals surface area contributed by atoms with Gasteiger partial charge in [0.2, 0.25) is 0 Å². The van der Waals surface area contributed by atoms with E-state index in [1.165, 1.54) is 0 Å². The molecule has 0 aliphatic carbocycles. The Morgan fingerprint density at radius 3 is 1.68 bits per heavy atom. The maximum absolute atomic E-state index is 11.8. The quantitative estimate of drug-likeness (QED) is 0.795. The van der Waals surface area contributed by atoms with Crippen LogP contribution in [0.15, 0.2) is 60.7 Å². The summed E-state index contributed by atoms with van der Waals surface area (Å²) in [6.07, 6.45) is 0. The molecule has 2 rings (SSSR count). The van der Waals surface area contributed by atoms with Crippen molar-refractivity contribution in [3.63, 3.8) is 0 Å². The van der Waals surface area contributed by atoms with Gasteiger partial charge in [-0.25, -0.2) is 3.97 Å². The molecule has 0 bridgehead atoms. The molecule has 0 unspecified atom stereocenters. The van der Waals surface area contributed by atoms with Gasteiger partial charge in [-0.05, 0) is 6.92 Å². The lowest BCUT2D eigenvalue weighted by Gasteiger charge is -2.17. The third-order valence-corrected chi connectivity index (χ3v) is 6.27. The van der Waals surface area contributed by atoms with E-state index >= 15 is 0 Å². The van der Waals surface area contributed by atoms with Gasteiger partial charge in [-0.1, -0.05) is 60.7 Å². The van der Waals surface area contributed by atoms with Gasteiger partial charge in [-0.3, -0.25) is 0 Å². The second kappa shape index (κ2) is 6.29. The van der Waals surface area contributed by atoms with Crippen LogP contribution in [0.3, 0.4) is 0 Å². The molecule has 0 saturated carbocycles. The van der Waals surface area contributed by atoms with Crippen molar-refractivity contribution in [3.05, 3.63) is 60.7 Å². The highest BCUT2D eigenvalue weighted by molar-refractivity contribution is 7.93. The van der Waals surface area contributed by atoms with Gasteiger partial charge in [0, 0.05) is 10.6 Å². The lowest BCUT2D eigenvalue weighted by Crippen LogP contribution is -2.17. The van der Waals surface area contributed by atoms with E-state index < -0.39 is 18.3 Å². The molecule has 0 radical (unpaired) electrons. The van der Waals surface area contributed by atoms with E-state index in [0.717, 1.165) is 10.6 Å². The standard InChI is InChI=1S/C14H15O3PS/c1-2-19(15,16)17-18(13-9-5-3-6-10-13)14-11-7-4-8-12-14/h3-12H,2H2,1H3. The molecule has 5 heteroatoms. The lowest BCUT2D eigenvalue weighted by atomic mass is 10.4. The maximum atomic E-state index is 11.8. The fourth-order valence-corrected chi connectivity index (χ4v) is 4.73. The predicted octanol–water partition coefficient (Wildman–Crippen LogP) is 2.40. The molecule has 0 aliphatic heterocycles. The van der Waals surface area contributed by atoms with E-state index in [-0.39, 0.29) is 5.75 Å². The van der Waals surface area contributed by atoms with Crippen molar-refractivity contribution in [1.29, 1.82) is 0 Å². The number of hydrogen-bond donors (Lipinski definition) is 0. The first-order chi connectivity index (χ1) is 9.12. The van der Waals surface area contributed by atoms with Crippen LogP contribution in [0.4, 0.5) is 0 Å². The molecular weight excluding hydrogens is 279 g/mol. The highest BCUT2D eigenvalue weighted by Crippen LogP contribution is 2.36. The van der Waals surface area contributed by atoms with E-state index in [4.69, 9.17) is 3.97 Å². The Hall–Kier alpha value is -1.22. The Labute approximate surface area is 115 Å². The van der Waals surface area contributed by atoms with E-state index in [0.29, 0.717) is 0 Å². The summed E-state index contributed by atoms with van der Waals surface area (Å²) in [5, 5.41) is 1.78. The third-order valence-electron chi connectivity index (χ3n) is 2.52. The minimum absolute atomic E-state index is 0.0223. The SMILES string of the molecule is CCS(=O)(=O)OP(c1ccccc1)c1ccccc1. The first kappa shape index (κ1) is 14.2. The first-order valence-electron chi connectivity index (χ1n) is 5.95. The van der Waals surface area contributed by atoms with Crippen LogP contribution in [0, 0.1) is 0 Å². The maximum Gasteiger partial charge on any atom is 0.270 e. The highest BCUT2D eigenvalue weighted by Gasteiger charge is 2.21. The smallest absolute Gasteiger partial charge is 0.238 e. The Balaban J connectivity index is 2.40. The number of rotatable bonds is 5. The van der Waals surface area contributed by atoms with Crippen LogP contribution >= 0.6 is 8.15 Å². The Morgan fingerprint density at radius 2 is 1.32 bits per heavy atom. The molecule has 19 heavy (non-hydrogen) atoms. The van der Waals surface area contributed by atoms with Gasteiger partial charge in [0.1, 0.15) is 8.15 Å². The van der Waals surface area contributed by atoms with Crippen molar-refractivity contribution in [2.75, 3.05) is 5.75 Å². The van der Waals surface area contributed by atoms with Gasteiger partial charge < -0.3 is 0 Å². The average molecular weight is 294 g/mol. The fourth-order valence-electron chi connectivity index (χ4n) is 1.53. The Kier molecular flexibility index (Phi) is 4.70. The summed E-state index contributed by atoms with van der Waals surface area (Å²) < 4.78 is 28.9. The molecular formula is C14H15O3PS. The van der Waals surface area contributed by atoms with Crippen LogP contribution < -0.4 is 10.6 Å². The van der Waals surface area contributed by atoms with Crippen molar-refractivity contribution < 1.29 is 12.4 Å². The molecule has 0 heterocycles. The van der Waals surface area contributed by atoms with Crippen molar-refractivity contribution in [2.45, 2.75) is 6.92 Å². The van der Waals surface area contributed by atoms with Crippen molar-refractivity contribution >= 4 is 28.9 Å². The first-order valence-corrected chi connectivity index (χ1v) is 8.78. The van der Waals surface area contributed by atoms with Crippen LogP contribution in [-0.2, 0) is 14.1 Å². The molecule has 0 atom stereocenters. The molecule has 2 aromatic carbocycles. The van der Waals surface area contributed by atoms with Crippen LogP contribution in [0.25, 0.3) is 0 Å². The summed E-state index contributed by atoms with van der Waals surface area (Å²) in [7, 11) is -4.82. The van der Waals surface area contributed by atoms with Gasteiger partial charge in [-0.2, -0.15) is 8.42 Å². The van der Waals surface area contributed by atoms with Crippen LogP contribution in [0.2, 0.25) is 0 Å². The van der Waals surface area contributed by atoms with E-state index in [2.05, 4.69) is 0 Å². The molecule has 0 saturated heterocycles. The van der Waals surface area contributed by atoms with Crippen LogP contribution in [0.1, 0.15) is 6.92 Å². The van der Waals surface area contributed by atoms with Gasteiger partial charge in [0.05, 0.1) is 5.75 Å². The number of hydrogen-bond acceptors (Lipinski definition) is 3. The normalized spacial score (nSPS) is 11.7. The minimum Gasteiger partial charge on any atom is -0.238 e. The topological polar surface area (TPSA) is 43.4 Å². The second-order valence-corrected chi connectivity index (χ2v) is 7.80. The van der Waals surface area contributed by atoms with Crippen molar-refractivity contribution in [3.8, 4) is 0 Å². The summed E-state index contributed by atoms with van der Waals surface area (Å²) in [6, 6.07) is 18.9. The van der Waals surface area contributed by atoms with Gasteiger partial charge in [0.25, 0.3) is 10.1 Å². The summed E-state index contributed by atoms with van der Waals surface area (Å²) in [4.78, 5) is 0. The largest absolute Gasteiger partial charge is 0.270 e. The number of benzene rings is 2. The third kappa shape index (κ3) is 3.87. The minimum atomic E-state index is -3.49. The summed E-state index contributed by atoms with van der Waals surface area (Å²) in [6.45, 7) is 1.58. The molecule has 100 valence electrons. The Bertz CT molecular complexity index is 572. The molecule has 0 fully saturated rings. The predicted molar refractivity (Wildman–Crippen MR) is 79.6 cm³/mol. The van der Waals surface area contributed by atoms with Gasteiger partial charge in [-0.15, -0.1) is 0 Å². The lowest BCUT2D eigenvalue weighted by molar-refractivity contribution is 0.514. The fraction of sp³-hybridized carbons (Fsp3) is 0.143. The van der Waals surface area contributed by atoms with Gasteiger partial charge >= 0.3 is 0 Å². The second-order valence-electron chi connectivity index (χ2n) is 3.89. The van der Waals surface area contributed by atoms with Crippen LogP contribution in [0.5, 0.6) is 0 Å². The highest BCUT2D eigenvalue weighted by atomic mass is 32.2. The van der Waals surface area contributed by atoms with Crippen molar-refractivity contribution in [1.82, 2.24) is 0 Å². The zero-order valence-corrected chi connectivity index (χ0v) is 12.3. The summed E-state index contributed by atoms with van der Waals surface area (Å²) in [5.74, 6) is -0.0223. The molecule has 2 aromatic rings. The molecule has 0 N–H and O–H groups in total. The molecule has 0 amide bonds. The molecule has 0 aromatic heterocycles. The summed E-state index contributed by atoms with van der Waals surface area (Å²) >= 11 is 0. The van der Waals surface area contributed by atoms with Gasteiger partial charge in [0.15, 0.2) is 0 Å². The van der Waals surface area contributed by atoms with Crippen LogP contribution in [-0.4, -0.2) is 14.2 Å². The molecule has 3 nitrogen and oxygen atoms in total. The Morgan fingerprint density at radius 1 is 0.895 bits per heavy atom. The van der Waals surface area contributed by atoms with E-state index in [1.807, 2.05) is 60.7 Å².